The first-order chi connectivity index (χ1) is 20.2. The zero-order chi connectivity index (χ0) is 31.1. The second-order valence-corrected chi connectivity index (χ2v) is 13.3. The maximum atomic E-state index is 13.1. The predicted molar refractivity (Wildman–Crippen MR) is 163 cm³/mol. The van der Waals surface area contributed by atoms with Gasteiger partial charge in [-0.1, -0.05) is 24.3 Å². The van der Waals surface area contributed by atoms with Gasteiger partial charge in [-0.2, -0.15) is 16.7 Å². The van der Waals surface area contributed by atoms with Gasteiger partial charge in [-0.3, -0.25) is 0 Å². The quantitative estimate of drug-likeness (QED) is 0.252. The summed E-state index contributed by atoms with van der Waals surface area (Å²) in [5.41, 5.74) is 1.43. The van der Waals surface area contributed by atoms with Gasteiger partial charge in [-0.05, 0) is 56.7 Å². The highest BCUT2D eigenvalue weighted by molar-refractivity contribution is 7.87. The van der Waals surface area contributed by atoms with Gasteiger partial charge >= 0.3 is 22.1 Å². The average Bonchev–Trinajstić information content (AvgIpc) is 3.47. The average molecular weight is 611 g/mol. The first kappa shape index (κ1) is 30.1. The van der Waals surface area contributed by atoms with Gasteiger partial charge in [0, 0.05) is 36.5 Å². The van der Waals surface area contributed by atoms with E-state index in [4.69, 9.17) is 13.9 Å². The van der Waals surface area contributed by atoms with E-state index in [9.17, 15) is 23.1 Å². The molecule has 0 radical (unpaired) electrons. The van der Waals surface area contributed by atoms with Gasteiger partial charge in [0.2, 0.25) is 0 Å². The summed E-state index contributed by atoms with van der Waals surface area (Å²) >= 11 is 0. The summed E-state index contributed by atoms with van der Waals surface area (Å²) in [5, 5.41) is 13.3. The van der Waals surface area contributed by atoms with Crippen LogP contribution >= 0.6 is 0 Å². The molecular weight excluding hydrogens is 576 g/mol. The van der Waals surface area contributed by atoms with Gasteiger partial charge < -0.3 is 28.9 Å². The molecule has 5 rings (SSSR count). The Bertz CT molecular complexity index is 1970. The lowest BCUT2D eigenvalue weighted by molar-refractivity contribution is 0.0117. The molecular formula is C30H34N4O8S. The molecule has 0 fully saturated rings. The molecule has 1 atom stereocenters. The van der Waals surface area contributed by atoms with Crippen LogP contribution in [0.1, 0.15) is 32.4 Å². The topological polar surface area (TPSA) is 147 Å². The molecule has 12 nitrogen and oxygen atoms in total. The van der Waals surface area contributed by atoms with Crippen LogP contribution in [-0.2, 0) is 14.9 Å². The Labute approximate surface area is 248 Å². The van der Waals surface area contributed by atoms with E-state index in [-0.39, 0.29) is 36.4 Å². The van der Waals surface area contributed by atoms with Crippen LogP contribution in [0.4, 0.5) is 4.79 Å². The fourth-order valence-corrected chi connectivity index (χ4v) is 5.64. The number of aliphatic hydroxyl groups is 1. The number of hydrogen-bond acceptors (Lipinski definition) is 8. The van der Waals surface area contributed by atoms with Crippen LogP contribution in [0.5, 0.6) is 5.75 Å². The number of amides is 1. The van der Waals surface area contributed by atoms with Crippen molar-refractivity contribution in [1.82, 2.24) is 18.2 Å². The molecule has 5 aromatic rings. The number of hydrogen-bond donors (Lipinski definition) is 2. The van der Waals surface area contributed by atoms with Crippen molar-refractivity contribution in [3.8, 4) is 5.75 Å². The van der Waals surface area contributed by atoms with Crippen molar-refractivity contribution in [1.29, 1.82) is 0 Å². The number of aliphatic hydroxyl groups excluding tert-OH is 1. The highest BCUT2D eigenvalue weighted by atomic mass is 32.2. The lowest BCUT2D eigenvalue weighted by Crippen LogP contribution is -2.41. The van der Waals surface area contributed by atoms with E-state index < -0.39 is 33.8 Å². The fourth-order valence-electron chi connectivity index (χ4n) is 4.70. The second kappa shape index (κ2) is 11.4. The molecule has 43 heavy (non-hydrogen) atoms. The number of carbonyl (C=O) groups excluding carboxylic acids is 1. The zero-order valence-corrected chi connectivity index (χ0v) is 25.3. The maximum absolute atomic E-state index is 13.1. The monoisotopic (exact) mass is 610 g/mol. The van der Waals surface area contributed by atoms with Crippen LogP contribution in [0.3, 0.4) is 0 Å². The number of nitrogens with zero attached hydrogens (tertiary/aromatic N) is 3. The Kier molecular flexibility index (Phi) is 7.99. The molecule has 228 valence electrons. The van der Waals surface area contributed by atoms with Crippen molar-refractivity contribution >= 4 is 49.2 Å². The third kappa shape index (κ3) is 6.24. The Balaban J connectivity index is 1.35. The van der Waals surface area contributed by atoms with Crippen molar-refractivity contribution < 1.29 is 32.2 Å². The van der Waals surface area contributed by atoms with Crippen molar-refractivity contribution in [3.63, 3.8) is 0 Å². The smallest absolute Gasteiger partial charge is 0.435 e. The summed E-state index contributed by atoms with van der Waals surface area (Å²) in [6, 6.07) is 18.0. The summed E-state index contributed by atoms with van der Waals surface area (Å²) in [6.07, 6.45) is -1.90. The van der Waals surface area contributed by atoms with Crippen LogP contribution in [-0.4, -0.2) is 77.2 Å². The Morgan fingerprint density at radius 3 is 2.49 bits per heavy atom. The lowest BCUT2D eigenvalue weighted by atomic mass is 10.1. The largest absolute Gasteiger partial charge is 0.492 e. The molecule has 2 heterocycles. The summed E-state index contributed by atoms with van der Waals surface area (Å²) in [6.45, 7) is 5.23. The maximum Gasteiger partial charge on any atom is 0.435 e. The van der Waals surface area contributed by atoms with E-state index in [0.717, 1.165) is 26.1 Å². The van der Waals surface area contributed by atoms with Crippen LogP contribution in [0.25, 0.3) is 32.9 Å². The van der Waals surface area contributed by atoms with Crippen LogP contribution < -0.4 is 10.5 Å². The summed E-state index contributed by atoms with van der Waals surface area (Å²) in [5.74, 6) is -0.470. The molecule has 0 saturated heterocycles. The van der Waals surface area contributed by atoms with Crippen molar-refractivity contribution in [2.45, 2.75) is 32.5 Å². The number of oxazole rings is 1. The number of aromatic nitrogens is 2. The highest BCUT2D eigenvalue weighted by Crippen LogP contribution is 2.28. The van der Waals surface area contributed by atoms with E-state index in [2.05, 4.69) is 4.98 Å². The van der Waals surface area contributed by atoms with Gasteiger partial charge in [-0.25, -0.2) is 9.59 Å². The number of fused-ring (bicyclic) bond motifs is 4. The molecule has 0 aliphatic heterocycles. The van der Waals surface area contributed by atoms with Gasteiger partial charge in [0.15, 0.2) is 5.58 Å². The van der Waals surface area contributed by atoms with E-state index in [1.165, 1.54) is 37.2 Å². The molecule has 3 aromatic carbocycles. The highest BCUT2D eigenvalue weighted by Gasteiger charge is 2.27. The minimum Gasteiger partial charge on any atom is -0.492 e. The van der Waals surface area contributed by atoms with Crippen molar-refractivity contribution in [3.05, 3.63) is 76.8 Å². The zero-order valence-electron chi connectivity index (χ0n) is 24.5. The third-order valence-corrected chi connectivity index (χ3v) is 8.52. The fraction of sp³-hybridized carbons (Fsp3) is 0.333. The van der Waals surface area contributed by atoms with Gasteiger partial charge in [0.1, 0.15) is 23.5 Å². The number of H-pyrrole nitrogens is 1. The Morgan fingerprint density at radius 1 is 1.05 bits per heavy atom. The standard InChI is InChI=1S/C30H34N4O8S/c1-30(2,3)42-28(36)33(14-15-40-20-11-12-22-21-8-6-7-9-23(21)31-24(22)17-20)18-26(35)19-10-13-27-25(16-19)34(29(37)41-27)43(38,39)32(4)5/h6-13,16-17,26,31,35H,14-15,18H2,1-5H3/t26-/m0/s1. The SMILES string of the molecule is CN(C)S(=O)(=O)n1c(=O)oc2ccc([C@@H](O)CN(CCOc3ccc4c(c3)[nH]c3ccccc34)C(=O)OC(C)(C)C)cc21. The molecule has 0 aliphatic carbocycles. The number of carbonyl (C=O) groups is 1. The van der Waals surface area contributed by atoms with Gasteiger partial charge in [0.25, 0.3) is 0 Å². The lowest BCUT2D eigenvalue weighted by Gasteiger charge is -2.29. The molecule has 0 aliphatic rings. The van der Waals surface area contributed by atoms with Crippen molar-refractivity contribution in [2.24, 2.45) is 0 Å². The minimum atomic E-state index is -4.19. The number of benzene rings is 3. The van der Waals surface area contributed by atoms with E-state index in [0.29, 0.717) is 9.72 Å². The van der Waals surface area contributed by atoms with Crippen LogP contribution in [0.15, 0.2) is 69.9 Å². The van der Waals surface area contributed by atoms with Gasteiger partial charge in [0.05, 0.1) is 24.7 Å². The number of aromatic amines is 1. The number of ether oxygens (including phenoxy) is 2. The summed E-state index contributed by atoms with van der Waals surface area (Å²) in [7, 11) is -1.61. The van der Waals surface area contributed by atoms with E-state index >= 15 is 0 Å². The van der Waals surface area contributed by atoms with E-state index in [1.54, 1.807) is 20.8 Å². The van der Waals surface area contributed by atoms with E-state index in [1.807, 2.05) is 42.5 Å². The second-order valence-electron chi connectivity index (χ2n) is 11.3. The molecule has 0 spiro atoms. The minimum absolute atomic E-state index is 0.0326. The van der Waals surface area contributed by atoms with Gasteiger partial charge in [-0.15, -0.1) is 0 Å². The van der Waals surface area contributed by atoms with Crippen LogP contribution in [0, 0.1) is 0 Å². The molecule has 2 N–H and O–H groups in total. The summed E-state index contributed by atoms with van der Waals surface area (Å²) in [4.78, 5) is 30.2. The van der Waals surface area contributed by atoms with Crippen molar-refractivity contribution in [2.75, 3.05) is 33.8 Å². The number of nitrogens with one attached hydrogen (secondary N) is 1. The predicted octanol–water partition coefficient (Wildman–Crippen LogP) is 4.23. The Hall–Kier alpha value is -4.33. The summed E-state index contributed by atoms with van der Waals surface area (Å²) < 4.78 is 43.5. The molecule has 2 aromatic heterocycles. The Morgan fingerprint density at radius 2 is 1.77 bits per heavy atom. The molecule has 13 heteroatoms. The first-order valence-electron chi connectivity index (χ1n) is 13.6. The molecule has 0 saturated carbocycles. The number of para-hydroxylation sites is 1. The number of rotatable bonds is 9. The molecule has 1 amide bonds. The molecule has 0 unspecified atom stereocenters. The first-order valence-corrected chi connectivity index (χ1v) is 15.0. The normalized spacial score (nSPS) is 13.2. The molecule has 0 bridgehead atoms. The third-order valence-electron chi connectivity index (χ3n) is 6.79. The van der Waals surface area contributed by atoms with Crippen LogP contribution in [0.2, 0.25) is 0 Å².